The second kappa shape index (κ2) is 10.9. The molecule has 4 amide bonds. The molecule has 2 aliphatic rings. The van der Waals surface area contributed by atoms with Crippen LogP contribution < -0.4 is 16.0 Å². The topological polar surface area (TPSA) is 108 Å². The van der Waals surface area contributed by atoms with Crippen LogP contribution in [0.5, 0.6) is 0 Å². The highest BCUT2D eigenvalue weighted by atomic mass is 16.2. The van der Waals surface area contributed by atoms with Crippen molar-refractivity contribution in [3.8, 4) is 0 Å². The van der Waals surface area contributed by atoms with Crippen LogP contribution >= 0.6 is 0 Å². The lowest BCUT2D eigenvalue weighted by molar-refractivity contribution is -0.136. The summed E-state index contributed by atoms with van der Waals surface area (Å²) in [6.45, 7) is 5.37. The molecule has 0 aromatic heterocycles. The van der Waals surface area contributed by atoms with Gasteiger partial charge in [0.25, 0.3) is 5.91 Å². The van der Waals surface area contributed by atoms with E-state index in [0.717, 1.165) is 16.8 Å². The standard InChI is InChI=1S/C15H17N3O3.C10H13NO/c1-16-7-9-2-3-10-8-18(15(21)11(10)6-9)12-4-5-13(19)17-14(12)20;1-8(2)9-4-3-5-10(6-9)11-7-12/h2-3,6,12,16H,4-5,7-8H2,1H3,(H,17,19,20);3-8H,1-2H3,(H,11,12). The van der Waals surface area contributed by atoms with Crippen LogP contribution in [0.4, 0.5) is 5.69 Å². The lowest BCUT2D eigenvalue weighted by Gasteiger charge is -2.29. The molecule has 1 fully saturated rings. The SMILES string of the molecule is CC(C)c1cccc(NC=O)c1.CNCc1ccc2c(c1)C(=O)N(C1CCC(=O)NC1=O)C2. The maximum atomic E-state index is 12.5. The first-order valence-corrected chi connectivity index (χ1v) is 11.0. The van der Waals surface area contributed by atoms with E-state index >= 15 is 0 Å². The number of hydrogen-bond acceptors (Lipinski definition) is 5. The lowest BCUT2D eigenvalue weighted by Crippen LogP contribution is -2.52. The predicted molar refractivity (Wildman–Crippen MR) is 125 cm³/mol. The van der Waals surface area contributed by atoms with Gasteiger partial charge in [-0.25, -0.2) is 0 Å². The van der Waals surface area contributed by atoms with Gasteiger partial charge in [-0.2, -0.15) is 0 Å². The van der Waals surface area contributed by atoms with Crippen LogP contribution in [0.25, 0.3) is 0 Å². The second-order valence-corrected chi connectivity index (χ2v) is 8.46. The van der Waals surface area contributed by atoms with E-state index in [1.807, 2.05) is 43.4 Å². The van der Waals surface area contributed by atoms with Gasteiger partial charge in [-0.1, -0.05) is 38.1 Å². The zero-order valence-corrected chi connectivity index (χ0v) is 19.2. The van der Waals surface area contributed by atoms with Gasteiger partial charge in [0, 0.05) is 30.8 Å². The molecule has 2 heterocycles. The molecule has 1 atom stereocenters. The Balaban J connectivity index is 0.000000218. The number of nitrogens with one attached hydrogen (secondary N) is 3. The minimum absolute atomic E-state index is 0.127. The number of carbonyl (C=O) groups excluding carboxylic acids is 4. The van der Waals surface area contributed by atoms with E-state index < -0.39 is 6.04 Å². The molecule has 174 valence electrons. The molecule has 2 aliphatic heterocycles. The summed E-state index contributed by atoms with van der Waals surface area (Å²) in [5.74, 6) is -0.268. The molecule has 3 N–H and O–H groups in total. The van der Waals surface area contributed by atoms with E-state index in [2.05, 4.69) is 35.9 Å². The maximum absolute atomic E-state index is 12.5. The Morgan fingerprint density at radius 1 is 1.15 bits per heavy atom. The predicted octanol–water partition coefficient (Wildman–Crippen LogP) is 2.55. The van der Waals surface area contributed by atoms with Gasteiger partial charge in [-0.3, -0.25) is 24.5 Å². The van der Waals surface area contributed by atoms with E-state index in [-0.39, 0.29) is 24.1 Å². The number of anilines is 1. The van der Waals surface area contributed by atoms with E-state index in [1.165, 1.54) is 5.56 Å². The minimum atomic E-state index is -0.546. The largest absolute Gasteiger partial charge is 0.329 e. The molecule has 33 heavy (non-hydrogen) atoms. The molecule has 0 spiro atoms. The van der Waals surface area contributed by atoms with Crippen molar-refractivity contribution >= 4 is 29.8 Å². The highest BCUT2D eigenvalue weighted by Crippen LogP contribution is 2.28. The van der Waals surface area contributed by atoms with E-state index in [4.69, 9.17) is 0 Å². The van der Waals surface area contributed by atoms with E-state index in [0.29, 0.717) is 37.4 Å². The number of rotatable bonds is 6. The molecule has 0 bridgehead atoms. The van der Waals surface area contributed by atoms with Crippen LogP contribution in [-0.4, -0.2) is 42.1 Å². The first kappa shape index (κ1) is 24.1. The summed E-state index contributed by atoms with van der Waals surface area (Å²) in [7, 11) is 1.85. The van der Waals surface area contributed by atoms with Crippen molar-refractivity contribution < 1.29 is 19.2 Å². The Morgan fingerprint density at radius 2 is 1.94 bits per heavy atom. The van der Waals surface area contributed by atoms with Crippen LogP contribution in [0.2, 0.25) is 0 Å². The summed E-state index contributed by atoms with van der Waals surface area (Å²) >= 11 is 0. The number of imide groups is 1. The molecule has 2 aromatic carbocycles. The summed E-state index contributed by atoms with van der Waals surface area (Å²) in [5, 5.41) is 7.98. The van der Waals surface area contributed by atoms with Gasteiger partial charge in [0.15, 0.2) is 0 Å². The Labute approximate surface area is 193 Å². The third kappa shape index (κ3) is 5.84. The number of benzene rings is 2. The average Bonchev–Trinajstić information content (AvgIpc) is 3.11. The second-order valence-electron chi connectivity index (χ2n) is 8.46. The molecular formula is C25H30N4O4. The number of piperidine rings is 1. The normalized spacial score (nSPS) is 17.3. The van der Waals surface area contributed by atoms with Crippen molar-refractivity contribution in [2.75, 3.05) is 12.4 Å². The van der Waals surface area contributed by atoms with Crippen LogP contribution in [0.15, 0.2) is 42.5 Å². The quantitative estimate of drug-likeness (QED) is 0.463. The van der Waals surface area contributed by atoms with E-state index in [1.54, 1.807) is 4.90 Å². The molecule has 8 nitrogen and oxygen atoms in total. The zero-order valence-electron chi connectivity index (χ0n) is 19.2. The smallest absolute Gasteiger partial charge is 0.255 e. The Morgan fingerprint density at radius 3 is 2.61 bits per heavy atom. The molecule has 0 saturated carbocycles. The molecule has 1 saturated heterocycles. The molecule has 0 radical (unpaired) electrons. The van der Waals surface area contributed by atoms with Gasteiger partial charge >= 0.3 is 0 Å². The number of nitrogens with zero attached hydrogens (tertiary/aromatic N) is 1. The van der Waals surface area contributed by atoms with Crippen LogP contribution in [0.1, 0.15) is 59.7 Å². The fourth-order valence-electron chi connectivity index (χ4n) is 3.97. The van der Waals surface area contributed by atoms with Gasteiger partial charge in [-0.15, -0.1) is 0 Å². The van der Waals surface area contributed by atoms with Crippen LogP contribution in [-0.2, 0) is 27.5 Å². The summed E-state index contributed by atoms with van der Waals surface area (Å²) in [5.41, 5.74) is 4.73. The summed E-state index contributed by atoms with van der Waals surface area (Å²) in [6, 6.07) is 13.1. The first-order valence-electron chi connectivity index (χ1n) is 11.0. The fourth-order valence-corrected chi connectivity index (χ4v) is 3.97. The van der Waals surface area contributed by atoms with Crippen molar-refractivity contribution in [1.29, 1.82) is 0 Å². The van der Waals surface area contributed by atoms with Crippen LogP contribution in [0.3, 0.4) is 0 Å². The average molecular weight is 451 g/mol. The molecule has 0 aliphatic carbocycles. The highest BCUT2D eigenvalue weighted by Gasteiger charge is 2.38. The molecule has 4 rings (SSSR count). The monoisotopic (exact) mass is 450 g/mol. The van der Waals surface area contributed by atoms with E-state index in [9.17, 15) is 19.2 Å². The van der Waals surface area contributed by atoms with Crippen molar-refractivity contribution in [2.45, 2.75) is 51.7 Å². The van der Waals surface area contributed by atoms with Crippen LogP contribution in [0, 0.1) is 0 Å². The summed E-state index contributed by atoms with van der Waals surface area (Å²) < 4.78 is 0. The van der Waals surface area contributed by atoms with Gasteiger partial charge in [-0.05, 0) is 54.3 Å². The number of fused-ring (bicyclic) bond motifs is 1. The van der Waals surface area contributed by atoms with Crippen molar-refractivity contribution in [1.82, 2.24) is 15.5 Å². The highest BCUT2D eigenvalue weighted by molar-refractivity contribution is 6.05. The minimum Gasteiger partial charge on any atom is -0.329 e. The van der Waals surface area contributed by atoms with Crippen molar-refractivity contribution in [2.24, 2.45) is 0 Å². The van der Waals surface area contributed by atoms with Gasteiger partial charge in [0.05, 0.1) is 0 Å². The third-order valence-electron chi connectivity index (χ3n) is 5.75. The van der Waals surface area contributed by atoms with Gasteiger partial charge < -0.3 is 15.5 Å². The Kier molecular flexibility index (Phi) is 7.95. The number of hydrogen-bond donors (Lipinski definition) is 3. The van der Waals surface area contributed by atoms with Gasteiger partial charge in [0.1, 0.15) is 6.04 Å². The Bertz CT molecular complexity index is 1050. The molecule has 8 heteroatoms. The van der Waals surface area contributed by atoms with Crippen molar-refractivity contribution in [3.05, 3.63) is 64.7 Å². The zero-order chi connectivity index (χ0) is 24.0. The first-order chi connectivity index (χ1) is 15.8. The molecule has 2 aromatic rings. The van der Waals surface area contributed by atoms with Crippen molar-refractivity contribution in [3.63, 3.8) is 0 Å². The van der Waals surface area contributed by atoms with Gasteiger partial charge in [0.2, 0.25) is 18.2 Å². The summed E-state index contributed by atoms with van der Waals surface area (Å²) in [4.78, 5) is 47.4. The molecular weight excluding hydrogens is 420 g/mol. The molecule has 1 unspecified atom stereocenters. The third-order valence-corrected chi connectivity index (χ3v) is 5.75. The lowest BCUT2D eigenvalue weighted by atomic mass is 10.0. The number of carbonyl (C=O) groups is 4. The fraction of sp³-hybridized carbons (Fsp3) is 0.360. The Hall–Kier alpha value is -3.52. The summed E-state index contributed by atoms with van der Waals surface area (Å²) in [6.07, 6.45) is 1.37. The maximum Gasteiger partial charge on any atom is 0.255 e. The number of amides is 4.